The average Bonchev–Trinajstić information content (AvgIpc) is 2.41. The Morgan fingerprint density at radius 3 is 2.85 bits per heavy atom. The van der Waals surface area contributed by atoms with Crippen LogP contribution >= 0.6 is 15.9 Å². The number of hydrogen-bond donors (Lipinski definition) is 1. The minimum Gasteiger partial charge on any atom is -0.487 e. The molecule has 0 aliphatic carbocycles. The lowest BCUT2D eigenvalue weighted by Gasteiger charge is -2.46. The van der Waals surface area contributed by atoms with E-state index in [-0.39, 0.29) is 5.60 Å². The van der Waals surface area contributed by atoms with Crippen molar-refractivity contribution >= 4 is 15.9 Å². The third-order valence-electron chi connectivity index (χ3n) is 4.53. The van der Waals surface area contributed by atoms with Crippen molar-refractivity contribution in [3.05, 3.63) is 28.2 Å². The van der Waals surface area contributed by atoms with Crippen LogP contribution in [0.25, 0.3) is 0 Å². The van der Waals surface area contributed by atoms with Crippen molar-refractivity contribution in [2.75, 3.05) is 19.6 Å². The van der Waals surface area contributed by atoms with Crippen molar-refractivity contribution in [3.8, 4) is 5.75 Å². The molecule has 1 aromatic carbocycles. The topological polar surface area (TPSA) is 32.7 Å². The van der Waals surface area contributed by atoms with Crippen LogP contribution in [0, 0.1) is 0 Å². The average molecular weight is 340 g/mol. The number of piperidine rings is 1. The number of aliphatic hydroxyl groups is 1. The summed E-state index contributed by atoms with van der Waals surface area (Å²) in [7, 11) is 0. The van der Waals surface area contributed by atoms with E-state index in [0.29, 0.717) is 0 Å². The quantitative estimate of drug-likeness (QED) is 0.894. The largest absolute Gasteiger partial charge is 0.487 e. The van der Waals surface area contributed by atoms with E-state index in [2.05, 4.69) is 27.8 Å². The Hall–Kier alpha value is -0.580. The maximum atomic E-state index is 10.4. The molecule has 1 saturated heterocycles. The number of ether oxygens (including phenoxy) is 1. The zero-order chi connectivity index (χ0) is 14.2. The van der Waals surface area contributed by atoms with E-state index in [1.165, 1.54) is 13.0 Å². The van der Waals surface area contributed by atoms with Gasteiger partial charge in [0.25, 0.3) is 0 Å². The third-order valence-corrected chi connectivity index (χ3v) is 5.03. The molecule has 0 aromatic heterocycles. The Balaban J connectivity index is 1.77. The summed E-state index contributed by atoms with van der Waals surface area (Å²) in [4.78, 5) is 2.50. The molecule has 1 N–H and O–H groups in total. The molecule has 0 amide bonds. The molecule has 1 atom stereocenters. The smallest absolute Gasteiger partial charge is 0.127 e. The lowest BCUT2D eigenvalue weighted by molar-refractivity contribution is -0.0538. The van der Waals surface area contributed by atoms with Gasteiger partial charge in [0.1, 0.15) is 11.4 Å². The van der Waals surface area contributed by atoms with Gasteiger partial charge in [0, 0.05) is 29.5 Å². The van der Waals surface area contributed by atoms with Gasteiger partial charge in [0.05, 0.1) is 6.10 Å². The van der Waals surface area contributed by atoms with Gasteiger partial charge in [-0.2, -0.15) is 0 Å². The summed E-state index contributed by atoms with van der Waals surface area (Å²) in [6, 6.07) is 5.91. The van der Waals surface area contributed by atoms with Crippen molar-refractivity contribution < 1.29 is 9.84 Å². The highest BCUT2D eigenvalue weighted by Crippen LogP contribution is 2.44. The highest BCUT2D eigenvalue weighted by molar-refractivity contribution is 9.10. The number of aliphatic hydroxyl groups excluding tert-OH is 1. The first-order valence-corrected chi connectivity index (χ1v) is 8.30. The number of halogens is 1. The first kappa shape index (κ1) is 14.4. The fourth-order valence-corrected chi connectivity index (χ4v) is 3.76. The van der Waals surface area contributed by atoms with Crippen LogP contribution in [0.5, 0.6) is 5.75 Å². The summed E-state index contributed by atoms with van der Waals surface area (Å²) < 4.78 is 7.33. The van der Waals surface area contributed by atoms with E-state index in [0.717, 1.165) is 48.1 Å². The molecule has 0 radical (unpaired) electrons. The van der Waals surface area contributed by atoms with Crippen molar-refractivity contribution in [1.82, 2.24) is 4.90 Å². The molecule has 20 heavy (non-hydrogen) atoms. The fourth-order valence-electron chi connectivity index (χ4n) is 3.42. The summed E-state index contributed by atoms with van der Waals surface area (Å²) in [6.07, 6.45) is 3.55. The molecule has 3 rings (SSSR count). The summed E-state index contributed by atoms with van der Waals surface area (Å²) in [5.41, 5.74) is 0.757. The van der Waals surface area contributed by atoms with Crippen LogP contribution in [0.1, 0.15) is 44.3 Å². The molecule has 1 aromatic rings. The van der Waals surface area contributed by atoms with E-state index >= 15 is 0 Å². The monoisotopic (exact) mass is 339 g/mol. The normalized spacial score (nSPS) is 25.2. The van der Waals surface area contributed by atoms with E-state index in [1.54, 1.807) is 0 Å². The number of nitrogens with zero attached hydrogens (tertiary/aromatic N) is 1. The molecular formula is C16H22BrNO2. The first-order valence-electron chi connectivity index (χ1n) is 7.51. The predicted octanol–water partition coefficient (Wildman–Crippen LogP) is 3.51. The van der Waals surface area contributed by atoms with Gasteiger partial charge in [0.15, 0.2) is 0 Å². The minimum absolute atomic E-state index is 0.169. The van der Waals surface area contributed by atoms with Crippen LogP contribution in [0.15, 0.2) is 22.7 Å². The van der Waals surface area contributed by atoms with Gasteiger partial charge in [-0.3, -0.25) is 0 Å². The minimum atomic E-state index is -0.399. The number of fused-ring (bicyclic) bond motifs is 1. The van der Waals surface area contributed by atoms with E-state index in [1.807, 2.05) is 18.2 Å². The number of hydrogen-bond acceptors (Lipinski definition) is 3. The summed E-state index contributed by atoms with van der Waals surface area (Å²) in [5, 5.41) is 10.4. The lowest BCUT2D eigenvalue weighted by atomic mass is 9.81. The van der Waals surface area contributed by atoms with Crippen LogP contribution in [-0.2, 0) is 0 Å². The molecule has 1 unspecified atom stereocenters. The van der Waals surface area contributed by atoms with Gasteiger partial charge in [-0.15, -0.1) is 0 Å². The number of benzene rings is 1. The fraction of sp³-hybridized carbons (Fsp3) is 0.625. The Morgan fingerprint density at radius 2 is 2.15 bits per heavy atom. The Labute approximate surface area is 129 Å². The molecule has 1 spiro atoms. The van der Waals surface area contributed by atoms with Gasteiger partial charge in [-0.05, 0) is 37.9 Å². The molecule has 0 bridgehead atoms. The van der Waals surface area contributed by atoms with Crippen LogP contribution in [0.2, 0.25) is 0 Å². The van der Waals surface area contributed by atoms with Crippen molar-refractivity contribution in [3.63, 3.8) is 0 Å². The number of rotatable bonds is 2. The van der Waals surface area contributed by atoms with E-state index in [4.69, 9.17) is 4.74 Å². The SMILES string of the molecule is CCCN1CCC2(CC1)CC(O)c1ccc(Br)cc1O2. The molecule has 110 valence electrons. The maximum absolute atomic E-state index is 10.4. The lowest BCUT2D eigenvalue weighted by Crippen LogP contribution is -2.50. The predicted molar refractivity (Wildman–Crippen MR) is 83.0 cm³/mol. The number of likely N-dealkylation sites (tertiary alicyclic amines) is 1. The highest BCUT2D eigenvalue weighted by atomic mass is 79.9. The third kappa shape index (κ3) is 2.74. The summed E-state index contributed by atoms with van der Waals surface area (Å²) in [6.45, 7) is 5.54. The second-order valence-corrected chi connectivity index (χ2v) is 6.94. The van der Waals surface area contributed by atoms with Gasteiger partial charge < -0.3 is 14.7 Å². The molecule has 2 aliphatic rings. The van der Waals surface area contributed by atoms with E-state index in [9.17, 15) is 5.11 Å². The van der Waals surface area contributed by atoms with Crippen LogP contribution in [-0.4, -0.2) is 35.2 Å². The summed E-state index contributed by atoms with van der Waals surface area (Å²) in [5.74, 6) is 0.849. The molecule has 2 heterocycles. The van der Waals surface area contributed by atoms with Crippen molar-refractivity contribution in [2.45, 2.75) is 44.3 Å². The van der Waals surface area contributed by atoms with Crippen LogP contribution in [0.4, 0.5) is 0 Å². The zero-order valence-corrected chi connectivity index (χ0v) is 13.5. The Morgan fingerprint density at radius 1 is 1.40 bits per heavy atom. The molecule has 3 nitrogen and oxygen atoms in total. The highest BCUT2D eigenvalue weighted by Gasteiger charge is 2.42. The maximum Gasteiger partial charge on any atom is 0.127 e. The summed E-state index contributed by atoms with van der Waals surface area (Å²) >= 11 is 3.48. The first-order chi connectivity index (χ1) is 9.62. The van der Waals surface area contributed by atoms with Crippen LogP contribution < -0.4 is 4.74 Å². The zero-order valence-electron chi connectivity index (χ0n) is 11.9. The Bertz CT molecular complexity index is 483. The van der Waals surface area contributed by atoms with Crippen LogP contribution in [0.3, 0.4) is 0 Å². The van der Waals surface area contributed by atoms with Crippen molar-refractivity contribution in [2.24, 2.45) is 0 Å². The van der Waals surface area contributed by atoms with Gasteiger partial charge in [0.2, 0.25) is 0 Å². The standard InChI is InChI=1S/C16H22BrNO2/c1-2-7-18-8-5-16(6-9-18)11-14(19)13-4-3-12(17)10-15(13)20-16/h3-4,10,14,19H,2,5-9,11H2,1H3. The second kappa shape index (κ2) is 5.66. The molecule has 1 fully saturated rings. The van der Waals surface area contributed by atoms with Gasteiger partial charge in [-0.25, -0.2) is 0 Å². The molecule has 4 heteroatoms. The molecule has 2 aliphatic heterocycles. The van der Waals surface area contributed by atoms with E-state index < -0.39 is 6.10 Å². The van der Waals surface area contributed by atoms with Gasteiger partial charge >= 0.3 is 0 Å². The van der Waals surface area contributed by atoms with Gasteiger partial charge in [-0.1, -0.05) is 28.9 Å². The second-order valence-electron chi connectivity index (χ2n) is 6.03. The molecular weight excluding hydrogens is 318 g/mol. The van der Waals surface area contributed by atoms with Crippen molar-refractivity contribution in [1.29, 1.82) is 0 Å². The Kier molecular flexibility index (Phi) is 4.07. The molecule has 0 saturated carbocycles.